The molecule has 2 N–H and O–H groups in total. The molecule has 8 bridgehead atoms. The van der Waals surface area contributed by atoms with Crippen molar-refractivity contribution in [3.05, 3.63) is 103 Å². The molecule has 7 aromatic rings. The fraction of sp³-hybridized carbons (Fsp3) is 0. The normalized spacial score (nSPS) is 12.3. The highest BCUT2D eigenvalue weighted by Gasteiger charge is 2.23. The van der Waals surface area contributed by atoms with E-state index in [1.807, 2.05) is 72.8 Å². The fourth-order valence-corrected chi connectivity index (χ4v) is 6.92. The molecule has 0 spiro atoms. The summed E-state index contributed by atoms with van der Waals surface area (Å²) in [5.41, 5.74) is 5.08. The second kappa shape index (κ2) is 9.21. The zero-order chi connectivity index (χ0) is 30.3. The summed E-state index contributed by atoms with van der Waals surface area (Å²) in [4.78, 5) is 36.3. The van der Waals surface area contributed by atoms with Crippen molar-refractivity contribution in [1.82, 2.24) is 39.9 Å². The van der Waals surface area contributed by atoms with Crippen LogP contribution in [-0.4, -0.2) is 48.3 Å². The van der Waals surface area contributed by atoms with Gasteiger partial charge >= 0.3 is 0 Å². The number of nitrogens with one attached hydrogen (secondary N) is 2. The van der Waals surface area contributed by atoms with Crippen molar-refractivity contribution in [2.24, 2.45) is 0 Å². The third kappa shape index (κ3) is 3.77. The van der Waals surface area contributed by atoms with Gasteiger partial charge in [-0.1, -0.05) is 91.5 Å². The van der Waals surface area contributed by atoms with Crippen LogP contribution in [0.15, 0.2) is 108 Å². The van der Waals surface area contributed by atoms with E-state index in [0.29, 0.717) is 56.7 Å². The SMILES string of the molecule is C=CS(=O)(=O)c1cccc2c3nc4nc(nc5[nH]c(nc6nc(nc([nH]3)c12)-c1ccccc1-6)c1ccccc51)-c1ccccc1-4. The Morgan fingerprint density at radius 1 is 0.489 bits per heavy atom. The lowest BCUT2D eigenvalue weighted by molar-refractivity contribution is 0.605. The molecule has 0 saturated heterocycles. The molecule has 0 unspecified atom stereocenters. The van der Waals surface area contributed by atoms with Crippen LogP contribution in [0.5, 0.6) is 0 Å². The number of nitrogens with zero attached hydrogens (tertiary/aromatic N) is 6. The number of hydrogen-bond donors (Lipinski definition) is 2. The molecule has 10 nitrogen and oxygen atoms in total. The van der Waals surface area contributed by atoms with E-state index in [9.17, 15) is 8.42 Å². The van der Waals surface area contributed by atoms with Crippen molar-refractivity contribution in [2.45, 2.75) is 4.90 Å². The van der Waals surface area contributed by atoms with Crippen molar-refractivity contribution in [2.75, 3.05) is 0 Å². The van der Waals surface area contributed by atoms with Crippen LogP contribution in [0.2, 0.25) is 0 Å². The third-order valence-electron chi connectivity index (χ3n) is 8.07. The Morgan fingerprint density at radius 3 is 1.38 bits per heavy atom. The van der Waals surface area contributed by atoms with Crippen LogP contribution < -0.4 is 0 Å². The van der Waals surface area contributed by atoms with Gasteiger partial charge in [0.25, 0.3) is 0 Å². The number of benzene rings is 4. The maximum atomic E-state index is 13.2. The van der Waals surface area contributed by atoms with Gasteiger partial charge in [-0.15, -0.1) is 0 Å². The number of hydrogen-bond acceptors (Lipinski definition) is 8. The Hall–Kier alpha value is -6.07. The molecule has 3 aromatic heterocycles. The zero-order valence-corrected chi connectivity index (χ0v) is 24.2. The molecule has 0 fully saturated rings. The van der Waals surface area contributed by atoms with Gasteiger partial charge in [0, 0.05) is 49.2 Å². The Labute approximate surface area is 255 Å². The third-order valence-corrected chi connectivity index (χ3v) is 9.46. The first-order chi connectivity index (χ1) is 22.0. The number of aromatic amines is 2. The van der Waals surface area contributed by atoms with Crippen LogP contribution in [0, 0.1) is 0 Å². The molecule has 45 heavy (non-hydrogen) atoms. The lowest BCUT2D eigenvalue weighted by Crippen LogP contribution is -1.96. The van der Waals surface area contributed by atoms with Crippen molar-refractivity contribution in [1.29, 1.82) is 0 Å². The summed E-state index contributed by atoms with van der Waals surface area (Å²) in [7, 11) is -3.85. The summed E-state index contributed by atoms with van der Waals surface area (Å²) >= 11 is 0. The Bertz CT molecular complexity index is 2710. The molecule has 0 aliphatic carbocycles. The molecule has 0 atom stereocenters. The van der Waals surface area contributed by atoms with Crippen LogP contribution in [0.1, 0.15) is 0 Å². The lowest BCUT2D eigenvalue weighted by atomic mass is 10.1. The quantitative estimate of drug-likeness (QED) is 0.220. The van der Waals surface area contributed by atoms with Gasteiger partial charge in [0.15, 0.2) is 33.1 Å². The second-order valence-corrected chi connectivity index (χ2v) is 12.5. The number of fused-ring (bicyclic) bond motifs is 20. The minimum absolute atomic E-state index is 0.0613. The molecule has 2 aliphatic heterocycles. The van der Waals surface area contributed by atoms with Gasteiger partial charge < -0.3 is 9.97 Å². The van der Waals surface area contributed by atoms with Crippen molar-refractivity contribution in [3.63, 3.8) is 0 Å². The standard InChI is InChI=1S/C34H20N8O2S/c1-2-45(43,44)25-17-9-16-24-26(25)34-41-32-23-15-8-7-14-22(23)30(39-32)37-28-19-11-4-3-10-18(19)27(35-28)36-29-20-12-5-6-13-21(20)31(38-29)40-33(24)42-34/h2-17H,1H2,(H2,35,36,37,38,39,40,41,42). The van der Waals surface area contributed by atoms with Crippen LogP contribution in [-0.2, 0) is 9.84 Å². The average molecular weight is 605 g/mol. The molecule has 9 rings (SSSR count). The van der Waals surface area contributed by atoms with Gasteiger partial charge in [-0.25, -0.2) is 38.3 Å². The maximum Gasteiger partial charge on any atom is 0.199 e. The van der Waals surface area contributed by atoms with E-state index in [0.717, 1.165) is 38.4 Å². The predicted octanol–water partition coefficient (Wildman–Crippen LogP) is 6.79. The summed E-state index contributed by atoms with van der Waals surface area (Å²) in [6.07, 6.45) is 0. The van der Waals surface area contributed by atoms with E-state index in [4.69, 9.17) is 29.9 Å². The molecule has 5 heterocycles. The topological polar surface area (TPSA) is 143 Å². The van der Waals surface area contributed by atoms with Crippen LogP contribution in [0.3, 0.4) is 0 Å². The first kappa shape index (κ1) is 25.4. The Morgan fingerprint density at radius 2 is 0.889 bits per heavy atom. The van der Waals surface area contributed by atoms with Gasteiger partial charge in [0.05, 0.1) is 4.90 Å². The van der Waals surface area contributed by atoms with E-state index >= 15 is 0 Å². The van der Waals surface area contributed by atoms with E-state index in [2.05, 4.69) is 16.5 Å². The van der Waals surface area contributed by atoms with Crippen LogP contribution in [0.25, 0.3) is 89.7 Å². The van der Waals surface area contributed by atoms with E-state index < -0.39 is 9.84 Å². The minimum Gasteiger partial charge on any atom is -0.324 e. The summed E-state index contributed by atoms with van der Waals surface area (Å²) in [5, 5.41) is 3.65. The van der Waals surface area contributed by atoms with Gasteiger partial charge in [-0.05, 0) is 6.07 Å². The van der Waals surface area contributed by atoms with E-state index in [-0.39, 0.29) is 4.90 Å². The molecule has 0 radical (unpaired) electrons. The number of aromatic nitrogens is 8. The van der Waals surface area contributed by atoms with Gasteiger partial charge in [0.1, 0.15) is 22.6 Å². The Balaban J connectivity index is 1.53. The smallest absolute Gasteiger partial charge is 0.199 e. The number of sulfone groups is 1. The largest absolute Gasteiger partial charge is 0.324 e. The number of H-pyrrole nitrogens is 2. The van der Waals surface area contributed by atoms with Crippen LogP contribution in [0.4, 0.5) is 0 Å². The highest BCUT2D eigenvalue weighted by Crippen LogP contribution is 2.37. The van der Waals surface area contributed by atoms with Gasteiger partial charge in [0.2, 0.25) is 0 Å². The summed E-state index contributed by atoms with van der Waals surface area (Å²) < 4.78 is 26.4. The molecule has 4 aromatic carbocycles. The second-order valence-electron chi connectivity index (χ2n) is 10.6. The number of rotatable bonds is 2. The average Bonchev–Trinajstić information content (AvgIpc) is 3.80. The molecule has 2 aliphatic rings. The zero-order valence-electron chi connectivity index (χ0n) is 23.4. The van der Waals surface area contributed by atoms with Crippen molar-refractivity contribution < 1.29 is 8.42 Å². The van der Waals surface area contributed by atoms with E-state index in [1.165, 1.54) is 6.07 Å². The minimum atomic E-state index is -3.85. The molecule has 214 valence electrons. The summed E-state index contributed by atoms with van der Waals surface area (Å²) in [6.45, 7) is 3.55. The molecular formula is C34H20N8O2S. The van der Waals surface area contributed by atoms with E-state index in [1.54, 1.807) is 12.1 Å². The van der Waals surface area contributed by atoms with Crippen molar-refractivity contribution in [3.8, 4) is 45.6 Å². The first-order valence-electron chi connectivity index (χ1n) is 14.1. The first-order valence-corrected chi connectivity index (χ1v) is 15.6. The molecule has 11 heteroatoms. The summed E-state index contributed by atoms with van der Waals surface area (Å²) in [6, 6.07) is 28.3. The predicted molar refractivity (Wildman–Crippen MR) is 173 cm³/mol. The highest BCUT2D eigenvalue weighted by molar-refractivity contribution is 7.94. The van der Waals surface area contributed by atoms with Gasteiger partial charge in [-0.3, -0.25) is 0 Å². The lowest BCUT2D eigenvalue weighted by Gasteiger charge is -2.01. The monoisotopic (exact) mass is 604 g/mol. The van der Waals surface area contributed by atoms with Crippen LogP contribution >= 0.6 is 0 Å². The van der Waals surface area contributed by atoms with Gasteiger partial charge in [-0.2, -0.15) is 0 Å². The molecule has 0 amide bonds. The fourth-order valence-electron chi connectivity index (χ4n) is 5.99. The Kier molecular flexibility index (Phi) is 5.21. The van der Waals surface area contributed by atoms with Crippen molar-refractivity contribution >= 4 is 54.0 Å². The molecular weight excluding hydrogens is 584 g/mol. The molecule has 0 saturated carbocycles. The maximum absolute atomic E-state index is 13.2. The highest BCUT2D eigenvalue weighted by atomic mass is 32.2. The summed E-state index contributed by atoms with van der Waals surface area (Å²) in [5.74, 6) is 1.78.